The highest BCUT2D eigenvalue weighted by Gasteiger charge is 2.46. The van der Waals surface area contributed by atoms with Crippen LogP contribution in [0.1, 0.15) is 59.1 Å². The number of fused-ring (bicyclic) bond motifs is 1. The topological polar surface area (TPSA) is 46.6 Å². The lowest BCUT2D eigenvalue weighted by molar-refractivity contribution is -0.122. The number of ether oxygens (including phenoxy) is 1. The summed E-state index contributed by atoms with van der Waals surface area (Å²) >= 11 is 9.20. The molecule has 0 radical (unpaired) electrons. The van der Waals surface area contributed by atoms with Crippen molar-refractivity contribution >= 4 is 68.5 Å². The van der Waals surface area contributed by atoms with Crippen LogP contribution in [-0.4, -0.2) is 28.7 Å². The fourth-order valence-electron chi connectivity index (χ4n) is 4.40. The van der Waals surface area contributed by atoms with Crippen LogP contribution in [0.5, 0.6) is 5.75 Å². The minimum Gasteiger partial charge on any atom is -0.494 e. The standard InChI is InChI=1S/C29H31NO3S3/c1-7-17(3)27(32)30-22-15-14-20(33-8-2)16-21(22)23(26(34)29(30,5)6)28-35-24(18(4)31)25(36-28)19-12-10-9-11-13-19/h9-17H,7-8H2,1-6H3/b28-23+. The Balaban J connectivity index is 1.94. The number of hydrogen-bond donors (Lipinski definition) is 0. The lowest BCUT2D eigenvalue weighted by Crippen LogP contribution is -2.57. The van der Waals surface area contributed by atoms with Gasteiger partial charge in [-0.15, -0.1) is 0 Å². The van der Waals surface area contributed by atoms with Crippen LogP contribution in [0, 0.1) is 5.92 Å². The van der Waals surface area contributed by atoms with E-state index in [2.05, 4.69) is 0 Å². The number of hydrogen-bond acceptors (Lipinski definition) is 6. The number of thiocarbonyl (C=S) groups is 1. The van der Waals surface area contributed by atoms with E-state index in [1.165, 1.54) is 11.8 Å². The second kappa shape index (κ2) is 10.6. The first kappa shape index (κ1) is 26.7. The zero-order valence-corrected chi connectivity index (χ0v) is 24.0. The number of benzene rings is 2. The first-order valence-corrected chi connectivity index (χ1v) is 14.2. The van der Waals surface area contributed by atoms with Crippen LogP contribution in [0.4, 0.5) is 5.69 Å². The van der Waals surface area contributed by atoms with Crippen molar-refractivity contribution in [3.63, 3.8) is 0 Å². The van der Waals surface area contributed by atoms with Crippen molar-refractivity contribution in [3.8, 4) is 5.75 Å². The van der Waals surface area contributed by atoms with Gasteiger partial charge in [-0.3, -0.25) is 9.59 Å². The Morgan fingerprint density at radius 3 is 2.39 bits per heavy atom. The van der Waals surface area contributed by atoms with E-state index in [0.717, 1.165) is 48.6 Å². The third-order valence-corrected chi connectivity index (χ3v) is 9.99. The van der Waals surface area contributed by atoms with E-state index in [4.69, 9.17) is 17.0 Å². The number of anilines is 1. The van der Waals surface area contributed by atoms with Crippen LogP contribution < -0.4 is 9.64 Å². The van der Waals surface area contributed by atoms with E-state index < -0.39 is 5.54 Å². The van der Waals surface area contributed by atoms with E-state index in [1.54, 1.807) is 18.7 Å². The van der Waals surface area contributed by atoms with Crippen molar-refractivity contribution in [1.82, 2.24) is 0 Å². The Bertz CT molecular complexity index is 1290. The molecule has 0 saturated carbocycles. The maximum Gasteiger partial charge on any atom is 0.230 e. The molecule has 0 aromatic heterocycles. The summed E-state index contributed by atoms with van der Waals surface area (Å²) in [6.45, 7) is 12.1. The normalized spacial score (nSPS) is 19.8. The number of Topliss-reactive ketones (excluding diaryl/α,β-unsaturated/α-hetero) is 1. The number of rotatable bonds is 6. The monoisotopic (exact) mass is 537 g/mol. The smallest absolute Gasteiger partial charge is 0.230 e. The minimum absolute atomic E-state index is 0.0276. The van der Waals surface area contributed by atoms with E-state index in [9.17, 15) is 9.59 Å². The zero-order valence-electron chi connectivity index (χ0n) is 21.5. The van der Waals surface area contributed by atoms with Crippen LogP contribution in [-0.2, 0) is 9.59 Å². The van der Waals surface area contributed by atoms with Gasteiger partial charge in [0.05, 0.1) is 31.8 Å². The Hall–Kier alpha value is -2.35. The lowest BCUT2D eigenvalue weighted by Gasteiger charge is -2.46. The molecular formula is C29H31NO3S3. The van der Waals surface area contributed by atoms with Crippen molar-refractivity contribution in [3.05, 3.63) is 68.8 Å². The van der Waals surface area contributed by atoms with Crippen LogP contribution in [0.25, 0.3) is 10.5 Å². The molecule has 0 aliphatic carbocycles. The molecule has 0 fully saturated rings. The van der Waals surface area contributed by atoms with Gasteiger partial charge < -0.3 is 9.64 Å². The van der Waals surface area contributed by atoms with Crippen molar-refractivity contribution in [2.45, 2.75) is 53.5 Å². The second-order valence-electron chi connectivity index (χ2n) is 9.43. The van der Waals surface area contributed by atoms with Gasteiger partial charge in [-0.25, -0.2) is 0 Å². The van der Waals surface area contributed by atoms with E-state index >= 15 is 0 Å². The number of amides is 1. The molecule has 36 heavy (non-hydrogen) atoms. The average molecular weight is 538 g/mol. The van der Waals surface area contributed by atoms with Gasteiger partial charge in [-0.05, 0) is 57.9 Å². The van der Waals surface area contributed by atoms with Gasteiger partial charge in [0.1, 0.15) is 5.75 Å². The summed E-state index contributed by atoms with van der Waals surface area (Å²) in [6.07, 6.45) is 0.747. The van der Waals surface area contributed by atoms with Crippen LogP contribution >= 0.6 is 35.7 Å². The van der Waals surface area contributed by atoms with Gasteiger partial charge in [0, 0.05) is 22.0 Å². The molecule has 7 heteroatoms. The molecule has 1 amide bonds. The number of thioether (sulfide) groups is 2. The first-order chi connectivity index (χ1) is 17.1. The molecule has 0 N–H and O–H groups in total. The molecule has 2 aliphatic heterocycles. The average Bonchev–Trinajstić information content (AvgIpc) is 3.30. The van der Waals surface area contributed by atoms with Gasteiger partial charge in [0.25, 0.3) is 0 Å². The number of carbonyl (C=O) groups is 2. The van der Waals surface area contributed by atoms with Gasteiger partial charge in [0.15, 0.2) is 5.78 Å². The third-order valence-electron chi connectivity index (χ3n) is 6.54. The number of nitrogens with zero attached hydrogens (tertiary/aromatic N) is 1. The van der Waals surface area contributed by atoms with Crippen molar-refractivity contribution in [2.75, 3.05) is 11.5 Å². The molecule has 1 atom stereocenters. The Morgan fingerprint density at radius 1 is 1.08 bits per heavy atom. The summed E-state index contributed by atoms with van der Waals surface area (Å²) in [7, 11) is 0. The molecule has 188 valence electrons. The van der Waals surface area contributed by atoms with E-state index in [-0.39, 0.29) is 17.6 Å². The third kappa shape index (κ3) is 4.69. The van der Waals surface area contributed by atoms with Gasteiger partial charge >= 0.3 is 0 Å². The Kier molecular flexibility index (Phi) is 7.83. The molecule has 2 aliphatic rings. The summed E-state index contributed by atoms with van der Waals surface area (Å²) in [5, 5.41) is 0. The summed E-state index contributed by atoms with van der Waals surface area (Å²) in [4.78, 5) is 30.5. The van der Waals surface area contributed by atoms with Crippen molar-refractivity contribution in [1.29, 1.82) is 0 Å². The van der Waals surface area contributed by atoms with Crippen molar-refractivity contribution in [2.24, 2.45) is 5.92 Å². The number of allylic oxidation sites excluding steroid dienone is 1. The Morgan fingerprint density at radius 2 is 1.78 bits per heavy atom. The molecule has 0 bridgehead atoms. The molecule has 1 unspecified atom stereocenters. The SMILES string of the molecule is CCOc1ccc2c(c1)/C(=C1/SC(C(C)=O)=C(c3ccccc3)S1)C(=S)C(C)(C)N2C(=O)C(C)CC. The predicted molar refractivity (Wildman–Crippen MR) is 157 cm³/mol. The summed E-state index contributed by atoms with van der Waals surface area (Å²) < 4.78 is 6.80. The van der Waals surface area contributed by atoms with Gasteiger partial charge in [-0.1, -0.05) is 79.9 Å². The maximum atomic E-state index is 13.6. The highest BCUT2D eigenvalue weighted by molar-refractivity contribution is 8.32. The minimum atomic E-state index is -0.717. The fourth-order valence-corrected chi connectivity index (χ4v) is 7.59. The number of ketones is 1. The summed E-state index contributed by atoms with van der Waals surface area (Å²) in [5.74, 6) is 0.675. The predicted octanol–water partition coefficient (Wildman–Crippen LogP) is 7.73. The Labute approximate surface area is 227 Å². The van der Waals surface area contributed by atoms with E-state index in [1.807, 2.05) is 88.0 Å². The fraction of sp³-hybridized carbons (Fsp3) is 0.345. The number of carbonyl (C=O) groups excluding carboxylic acids is 2. The summed E-state index contributed by atoms with van der Waals surface area (Å²) in [5.41, 5.74) is 2.89. The quantitative estimate of drug-likeness (QED) is 0.278. The molecule has 2 heterocycles. The van der Waals surface area contributed by atoms with Gasteiger partial charge in [-0.2, -0.15) is 0 Å². The van der Waals surface area contributed by atoms with Crippen LogP contribution in [0.3, 0.4) is 0 Å². The molecule has 4 rings (SSSR count). The van der Waals surface area contributed by atoms with Crippen molar-refractivity contribution < 1.29 is 14.3 Å². The van der Waals surface area contributed by atoms with Gasteiger partial charge in [0.2, 0.25) is 5.91 Å². The molecular weight excluding hydrogens is 507 g/mol. The summed E-state index contributed by atoms with van der Waals surface area (Å²) in [6, 6.07) is 15.8. The molecule has 2 aromatic rings. The second-order valence-corrected chi connectivity index (χ2v) is 12.1. The highest BCUT2D eigenvalue weighted by atomic mass is 32.2. The largest absolute Gasteiger partial charge is 0.494 e. The highest BCUT2D eigenvalue weighted by Crippen LogP contribution is 2.58. The zero-order chi connectivity index (χ0) is 26.2. The maximum absolute atomic E-state index is 13.6. The molecule has 4 nitrogen and oxygen atoms in total. The lowest BCUT2D eigenvalue weighted by atomic mass is 9.82. The van der Waals surface area contributed by atoms with Crippen LogP contribution in [0.2, 0.25) is 0 Å². The molecule has 0 spiro atoms. The van der Waals surface area contributed by atoms with Crippen LogP contribution in [0.15, 0.2) is 57.7 Å². The molecule has 2 aromatic carbocycles. The van der Waals surface area contributed by atoms with E-state index in [0.29, 0.717) is 11.5 Å². The molecule has 0 saturated heterocycles. The first-order valence-electron chi connectivity index (χ1n) is 12.2.